The number of likely N-dealkylation sites (tertiary alicyclic amines) is 1. The molecule has 7 heteroatoms. The minimum atomic E-state index is -1.53. The minimum Gasteiger partial charge on any atom is -0.474 e. The quantitative estimate of drug-likeness (QED) is 0.808. The Kier molecular flexibility index (Phi) is 4.44. The molecule has 1 aromatic rings. The summed E-state index contributed by atoms with van der Waals surface area (Å²) >= 11 is 0. The van der Waals surface area contributed by atoms with Gasteiger partial charge in [-0.15, -0.1) is 0 Å². The number of aliphatic carboxylic acids is 1. The van der Waals surface area contributed by atoms with E-state index in [0.29, 0.717) is 17.7 Å². The number of aryl methyl sites for hydroxylation is 1. The molecule has 1 heterocycles. The van der Waals surface area contributed by atoms with Crippen molar-refractivity contribution >= 4 is 23.5 Å². The number of hydrogen-bond acceptors (Lipinski definition) is 3. The molecule has 2 unspecified atom stereocenters. The van der Waals surface area contributed by atoms with Gasteiger partial charge in [-0.2, -0.15) is 0 Å². The fourth-order valence-corrected chi connectivity index (χ4v) is 2.59. The Balaban J connectivity index is 2.03. The monoisotopic (exact) mass is 308 g/mol. The molecule has 0 saturated carbocycles. The Labute approximate surface area is 126 Å². The molecule has 0 aromatic heterocycles. The highest BCUT2D eigenvalue weighted by Crippen LogP contribution is 2.25. The molecule has 0 aliphatic carbocycles. The number of rotatable bonds is 2. The third kappa shape index (κ3) is 3.24. The first-order valence-corrected chi connectivity index (χ1v) is 6.90. The molecule has 0 spiro atoms. The Morgan fingerprint density at radius 1 is 1.36 bits per heavy atom. The van der Waals surface area contributed by atoms with Crippen LogP contribution in [-0.4, -0.2) is 40.4 Å². The van der Waals surface area contributed by atoms with Gasteiger partial charge in [0.25, 0.3) is 0 Å². The number of benzene rings is 1. The molecule has 0 radical (unpaired) electrons. The van der Waals surface area contributed by atoms with Gasteiger partial charge in [0, 0.05) is 18.3 Å². The lowest BCUT2D eigenvalue weighted by Gasteiger charge is -2.18. The van der Waals surface area contributed by atoms with E-state index in [1.165, 1.54) is 23.1 Å². The first-order valence-electron chi connectivity index (χ1n) is 6.90. The Hall–Kier alpha value is -2.44. The number of hydrogen-bond donors (Lipinski definition) is 2. The van der Waals surface area contributed by atoms with E-state index < -0.39 is 17.8 Å². The van der Waals surface area contributed by atoms with E-state index in [-0.39, 0.29) is 24.3 Å². The van der Waals surface area contributed by atoms with Gasteiger partial charge in [0.2, 0.25) is 5.91 Å². The summed E-state index contributed by atoms with van der Waals surface area (Å²) in [6.45, 7) is 3.37. The zero-order valence-corrected chi connectivity index (χ0v) is 12.3. The number of amides is 2. The third-order valence-corrected chi connectivity index (χ3v) is 3.81. The van der Waals surface area contributed by atoms with Crippen molar-refractivity contribution in [3.05, 3.63) is 29.6 Å². The molecule has 1 fully saturated rings. The van der Waals surface area contributed by atoms with E-state index in [0.717, 1.165) is 0 Å². The second-order valence-electron chi connectivity index (χ2n) is 5.50. The Morgan fingerprint density at radius 2 is 2.05 bits per heavy atom. The molecular weight excluding hydrogens is 291 g/mol. The van der Waals surface area contributed by atoms with Gasteiger partial charge in [0.15, 0.2) is 0 Å². The highest BCUT2D eigenvalue weighted by atomic mass is 19.1. The largest absolute Gasteiger partial charge is 0.474 e. The maximum Gasteiger partial charge on any atom is 0.394 e. The number of anilines is 1. The molecule has 2 amide bonds. The molecule has 2 N–H and O–H groups in total. The predicted octanol–water partition coefficient (Wildman–Crippen LogP) is 1.39. The number of carbonyl (C=O) groups excluding carboxylic acids is 2. The molecule has 22 heavy (non-hydrogen) atoms. The number of nitrogens with zero attached hydrogens (tertiary/aromatic N) is 1. The molecular formula is C15H17FN2O4. The first-order chi connectivity index (χ1) is 10.3. The summed E-state index contributed by atoms with van der Waals surface area (Å²) in [6.07, 6.45) is 0.394. The average Bonchev–Trinajstić information content (AvgIpc) is 2.84. The maximum atomic E-state index is 13.2. The standard InChI is InChI=1S/C15H17FN2O4/c1-8-5-11(3-4-12(8)16)17-13(19)10-6-9(2)18(7-10)14(20)15(21)22/h3-5,9-10H,6-7H2,1-2H3,(H,17,19)(H,21,22). The predicted molar refractivity (Wildman–Crippen MR) is 76.7 cm³/mol. The van der Waals surface area contributed by atoms with E-state index in [4.69, 9.17) is 5.11 Å². The minimum absolute atomic E-state index is 0.0678. The first kappa shape index (κ1) is 15.9. The van der Waals surface area contributed by atoms with E-state index in [9.17, 15) is 18.8 Å². The second-order valence-corrected chi connectivity index (χ2v) is 5.50. The van der Waals surface area contributed by atoms with Gasteiger partial charge in [-0.05, 0) is 44.0 Å². The van der Waals surface area contributed by atoms with Gasteiger partial charge in [-0.3, -0.25) is 9.59 Å². The van der Waals surface area contributed by atoms with Crippen LogP contribution in [0.3, 0.4) is 0 Å². The van der Waals surface area contributed by atoms with E-state index in [2.05, 4.69) is 5.32 Å². The number of carboxylic acid groups (broad SMARTS) is 1. The molecule has 2 atom stereocenters. The third-order valence-electron chi connectivity index (χ3n) is 3.81. The SMILES string of the molecule is Cc1cc(NC(=O)C2CC(C)N(C(=O)C(=O)O)C2)ccc1F. The van der Waals surface area contributed by atoms with Crippen LogP contribution in [0.25, 0.3) is 0 Å². The molecule has 6 nitrogen and oxygen atoms in total. The summed E-state index contributed by atoms with van der Waals surface area (Å²) < 4.78 is 13.2. The smallest absolute Gasteiger partial charge is 0.394 e. The molecule has 118 valence electrons. The Bertz CT molecular complexity index is 632. The molecule has 0 bridgehead atoms. The zero-order valence-electron chi connectivity index (χ0n) is 12.3. The summed E-state index contributed by atoms with van der Waals surface area (Å²) in [4.78, 5) is 35.6. The van der Waals surface area contributed by atoms with Crippen LogP contribution in [0.15, 0.2) is 18.2 Å². The number of halogens is 1. The second kappa shape index (κ2) is 6.13. The summed E-state index contributed by atoms with van der Waals surface area (Å²) in [7, 11) is 0. The van der Waals surface area contributed by atoms with Crippen molar-refractivity contribution in [1.29, 1.82) is 0 Å². The van der Waals surface area contributed by atoms with Crippen molar-refractivity contribution in [2.24, 2.45) is 5.92 Å². The van der Waals surface area contributed by atoms with Crippen LogP contribution in [0, 0.1) is 18.7 Å². The van der Waals surface area contributed by atoms with E-state index >= 15 is 0 Å². The van der Waals surface area contributed by atoms with Crippen LogP contribution < -0.4 is 5.32 Å². The van der Waals surface area contributed by atoms with Crippen molar-refractivity contribution in [3.63, 3.8) is 0 Å². The van der Waals surface area contributed by atoms with Crippen molar-refractivity contribution in [1.82, 2.24) is 4.90 Å². The van der Waals surface area contributed by atoms with Gasteiger partial charge < -0.3 is 15.3 Å². The fraction of sp³-hybridized carbons (Fsp3) is 0.400. The molecule has 1 aliphatic rings. The lowest BCUT2D eigenvalue weighted by molar-refractivity contribution is -0.156. The van der Waals surface area contributed by atoms with Crippen molar-refractivity contribution in [3.8, 4) is 0 Å². The average molecular weight is 308 g/mol. The van der Waals surface area contributed by atoms with Crippen LogP contribution in [-0.2, 0) is 14.4 Å². The van der Waals surface area contributed by atoms with Crippen molar-refractivity contribution in [2.45, 2.75) is 26.3 Å². The van der Waals surface area contributed by atoms with Crippen LogP contribution in [0.5, 0.6) is 0 Å². The van der Waals surface area contributed by atoms with Gasteiger partial charge in [0.05, 0.1) is 5.92 Å². The van der Waals surface area contributed by atoms with Crippen LogP contribution in [0.2, 0.25) is 0 Å². The van der Waals surface area contributed by atoms with Crippen LogP contribution >= 0.6 is 0 Å². The normalized spacial score (nSPS) is 20.8. The topological polar surface area (TPSA) is 86.7 Å². The van der Waals surface area contributed by atoms with Crippen LogP contribution in [0.4, 0.5) is 10.1 Å². The lowest BCUT2D eigenvalue weighted by atomic mass is 10.1. The molecule has 2 rings (SSSR count). The highest BCUT2D eigenvalue weighted by molar-refractivity contribution is 6.31. The van der Waals surface area contributed by atoms with Crippen molar-refractivity contribution in [2.75, 3.05) is 11.9 Å². The van der Waals surface area contributed by atoms with E-state index in [1.807, 2.05) is 0 Å². The molecule has 1 aromatic carbocycles. The number of carboxylic acids is 1. The van der Waals surface area contributed by atoms with Gasteiger partial charge in [-0.25, -0.2) is 9.18 Å². The zero-order chi connectivity index (χ0) is 16.4. The van der Waals surface area contributed by atoms with Gasteiger partial charge in [0.1, 0.15) is 5.82 Å². The summed E-state index contributed by atoms with van der Waals surface area (Å²) in [5.41, 5.74) is 0.889. The summed E-state index contributed by atoms with van der Waals surface area (Å²) in [5, 5.41) is 11.4. The number of carbonyl (C=O) groups is 3. The van der Waals surface area contributed by atoms with E-state index in [1.54, 1.807) is 13.8 Å². The Morgan fingerprint density at radius 3 is 2.64 bits per heavy atom. The molecule has 1 saturated heterocycles. The van der Waals surface area contributed by atoms with Gasteiger partial charge in [-0.1, -0.05) is 0 Å². The maximum absolute atomic E-state index is 13.2. The summed E-state index contributed by atoms with van der Waals surface area (Å²) in [5.74, 6) is -3.67. The fourth-order valence-electron chi connectivity index (χ4n) is 2.59. The van der Waals surface area contributed by atoms with Crippen molar-refractivity contribution < 1.29 is 23.9 Å². The number of nitrogens with one attached hydrogen (secondary N) is 1. The highest BCUT2D eigenvalue weighted by Gasteiger charge is 2.38. The van der Waals surface area contributed by atoms with Gasteiger partial charge >= 0.3 is 11.9 Å². The molecule has 1 aliphatic heterocycles. The summed E-state index contributed by atoms with van der Waals surface area (Å²) in [6, 6.07) is 3.93. The van der Waals surface area contributed by atoms with Crippen LogP contribution in [0.1, 0.15) is 18.9 Å². The lowest BCUT2D eigenvalue weighted by Crippen LogP contribution is -2.39.